The highest BCUT2D eigenvalue weighted by molar-refractivity contribution is 5.59. The van der Waals surface area contributed by atoms with Crippen LogP contribution in [0.3, 0.4) is 0 Å². The van der Waals surface area contributed by atoms with Gasteiger partial charge in [-0.25, -0.2) is 0 Å². The standard InChI is InChI=1S/C5H6F3N2/c1-10-2-4(9-3-10)5(6,7)8/h2-4H,1H3. The Morgan fingerprint density at radius 1 is 1.50 bits per heavy atom. The lowest BCUT2D eigenvalue weighted by atomic mass is 10.3. The number of alkyl halides is 3. The van der Waals surface area contributed by atoms with Gasteiger partial charge >= 0.3 is 6.18 Å². The largest absolute Gasteiger partial charge is 0.412 e. The van der Waals surface area contributed by atoms with Crippen LogP contribution in [-0.4, -0.2) is 30.5 Å². The van der Waals surface area contributed by atoms with Gasteiger partial charge in [0.15, 0.2) is 6.04 Å². The molecule has 10 heavy (non-hydrogen) atoms. The highest BCUT2D eigenvalue weighted by Gasteiger charge is 2.42. The molecule has 1 rings (SSSR count). The maximum atomic E-state index is 11.8. The van der Waals surface area contributed by atoms with E-state index in [1.165, 1.54) is 11.9 Å². The third-order valence-corrected chi connectivity index (χ3v) is 1.12. The number of nitrogens with zero attached hydrogens (tertiary/aromatic N) is 2. The Bertz CT molecular complexity index is 151. The summed E-state index contributed by atoms with van der Waals surface area (Å²) in [5.41, 5.74) is 0. The minimum absolute atomic E-state index is 1.01. The van der Waals surface area contributed by atoms with Gasteiger partial charge in [-0.2, -0.15) is 13.2 Å². The topological polar surface area (TPSA) is 15.6 Å². The number of halogens is 3. The van der Waals surface area contributed by atoms with E-state index in [-0.39, 0.29) is 0 Å². The van der Waals surface area contributed by atoms with Gasteiger partial charge in [0.25, 0.3) is 0 Å². The predicted molar refractivity (Wildman–Crippen MR) is 30.4 cm³/mol. The van der Waals surface area contributed by atoms with Crippen LogP contribution in [0.5, 0.6) is 0 Å². The second-order valence-corrected chi connectivity index (χ2v) is 2.07. The van der Waals surface area contributed by atoms with Crippen LogP contribution < -0.4 is 0 Å². The molecule has 0 bridgehead atoms. The van der Waals surface area contributed by atoms with E-state index in [2.05, 4.69) is 4.99 Å². The van der Waals surface area contributed by atoms with Gasteiger partial charge < -0.3 is 4.90 Å². The van der Waals surface area contributed by atoms with Crippen LogP contribution in [0.4, 0.5) is 13.2 Å². The van der Waals surface area contributed by atoms with E-state index < -0.39 is 12.2 Å². The molecule has 0 aromatic rings. The molecular weight excluding hydrogens is 145 g/mol. The minimum atomic E-state index is -4.23. The Kier molecular flexibility index (Phi) is 1.58. The first kappa shape index (κ1) is 7.37. The molecule has 0 aromatic carbocycles. The third-order valence-electron chi connectivity index (χ3n) is 1.12. The van der Waals surface area contributed by atoms with Crippen LogP contribution in [0.2, 0.25) is 0 Å². The van der Waals surface area contributed by atoms with Crippen molar-refractivity contribution in [2.75, 3.05) is 7.05 Å². The van der Waals surface area contributed by atoms with Crippen molar-refractivity contribution in [2.24, 2.45) is 4.99 Å². The number of aliphatic imine (C=N–C) groups is 1. The monoisotopic (exact) mass is 151 g/mol. The van der Waals surface area contributed by atoms with Crippen molar-refractivity contribution in [1.29, 1.82) is 0 Å². The zero-order valence-corrected chi connectivity index (χ0v) is 5.26. The first-order valence-corrected chi connectivity index (χ1v) is 2.67. The SMILES string of the molecule is CN1[CH]C(C(F)(F)F)N=C1. The van der Waals surface area contributed by atoms with Gasteiger partial charge in [-0.1, -0.05) is 0 Å². The molecule has 57 valence electrons. The number of hydrogen-bond acceptors (Lipinski definition) is 2. The zero-order valence-electron chi connectivity index (χ0n) is 5.26. The Morgan fingerprint density at radius 2 is 2.10 bits per heavy atom. The molecule has 1 heterocycles. The highest BCUT2D eigenvalue weighted by atomic mass is 19.4. The van der Waals surface area contributed by atoms with Crippen molar-refractivity contribution in [2.45, 2.75) is 12.2 Å². The van der Waals surface area contributed by atoms with Crippen molar-refractivity contribution >= 4 is 6.34 Å². The van der Waals surface area contributed by atoms with Crippen molar-refractivity contribution in [3.63, 3.8) is 0 Å². The summed E-state index contributed by atoms with van der Waals surface area (Å²) in [5.74, 6) is 0. The second kappa shape index (κ2) is 2.14. The second-order valence-electron chi connectivity index (χ2n) is 2.07. The van der Waals surface area contributed by atoms with Gasteiger partial charge in [-0.15, -0.1) is 0 Å². The van der Waals surface area contributed by atoms with E-state index in [4.69, 9.17) is 0 Å². The first-order valence-electron chi connectivity index (χ1n) is 2.67. The fraction of sp³-hybridized carbons (Fsp3) is 0.600. The number of likely N-dealkylation sites (N-methyl/N-ethyl adjacent to an activating group) is 1. The molecule has 0 saturated carbocycles. The van der Waals surface area contributed by atoms with Crippen LogP contribution in [0.25, 0.3) is 0 Å². The molecule has 0 saturated heterocycles. The van der Waals surface area contributed by atoms with Crippen LogP contribution in [0.15, 0.2) is 4.99 Å². The average molecular weight is 151 g/mol. The number of rotatable bonds is 0. The molecule has 2 nitrogen and oxygen atoms in total. The molecule has 1 atom stereocenters. The predicted octanol–water partition coefficient (Wildman–Crippen LogP) is 1.05. The van der Waals surface area contributed by atoms with E-state index >= 15 is 0 Å². The van der Waals surface area contributed by atoms with Crippen LogP contribution in [0, 0.1) is 6.54 Å². The lowest BCUT2D eigenvalue weighted by molar-refractivity contribution is -0.140. The van der Waals surface area contributed by atoms with E-state index in [9.17, 15) is 13.2 Å². The fourth-order valence-corrected chi connectivity index (χ4v) is 0.646. The molecule has 1 aliphatic rings. The Hall–Kier alpha value is -0.740. The molecular formula is C5H6F3N2. The zero-order chi connectivity index (χ0) is 7.78. The van der Waals surface area contributed by atoms with Crippen LogP contribution in [0.1, 0.15) is 0 Å². The summed E-state index contributed by atoms with van der Waals surface area (Å²) >= 11 is 0. The summed E-state index contributed by atoms with van der Waals surface area (Å²) < 4.78 is 35.3. The summed E-state index contributed by atoms with van der Waals surface area (Å²) in [6, 6.07) is -1.64. The van der Waals surface area contributed by atoms with Crippen LogP contribution in [-0.2, 0) is 0 Å². The summed E-state index contributed by atoms with van der Waals surface area (Å²) in [6.07, 6.45) is -3.08. The van der Waals surface area contributed by atoms with Crippen molar-refractivity contribution < 1.29 is 13.2 Å². The van der Waals surface area contributed by atoms with Crippen molar-refractivity contribution in [3.8, 4) is 0 Å². The molecule has 0 fully saturated rings. The molecule has 1 aliphatic heterocycles. The van der Waals surface area contributed by atoms with Gasteiger partial charge in [-0.3, -0.25) is 4.99 Å². The van der Waals surface area contributed by atoms with Crippen LogP contribution >= 0.6 is 0 Å². The van der Waals surface area contributed by atoms with Crippen molar-refractivity contribution in [1.82, 2.24) is 4.90 Å². The Labute approximate surface area is 56.3 Å². The third kappa shape index (κ3) is 1.40. The highest BCUT2D eigenvalue weighted by Crippen LogP contribution is 2.27. The number of hydrogen-bond donors (Lipinski definition) is 0. The maximum absolute atomic E-state index is 11.8. The summed E-state index contributed by atoms with van der Waals surface area (Å²) in [7, 11) is 1.51. The van der Waals surface area contributed by atoms with E-state index in [0.29, 0.717) is 0 Å². The molecule has 0 N–H and O–H groups in total. The van der Waals surface area contributed by atoms with Gasteiger partial charge in [0.05, 0.1) is 12.9 Å². The molecule has 0 spiro atoms. The molecule has 1 radical (unpaired) electrons. The quantitative estimate of drug-likeness (QED) is 0.505. The van der Waals surface area contributed by atoms with E-state index in [1.807, 2.05) is 0 Å². The summed E-state index contributed by atoms with van der Waals surface area (Å²) in [4.78, 5) is 4.50. The van der Waals surface area contributed by atoms with E-state index in [0.717, 1.165) is 12.9 Å². The minimum Gasteiger partial charge on any atom is -0.358 e. The first-order chi connectivity index (χ1) is 4.50. The lowest BCUT2D eigenvalue weighted by Gasteiger charge is -2.12. The van der Waals surface area contributed by atoms with Crippen molar-refractivity contribution in [3.05, 3.63) is 6.54 Å². The van der Waals surface area contributed by atoms with E-state index in [1.54, 1.807) is 0 Å². The summed E-state index contributed by atoms with van der Waals surface area (Å²) in [5, 5.41) is 0. The molecule has 5 heteroatoms. The smallest absolute Gasteiger partial charge is 0.358 e. The summed E-state index contributed by atoms with van der Waals surface area (Å²) in [6.45, 7) is 1.01. The van der Waals surface area contributed by atoms with Gasteiger partial charge in [-0.05, 0) is 0 Å². The van der Waals surface area contributed by atoms with Gasteiger partial charge in [0, 0.05) is 7.05 Å². The lowest BCUT2D eigenvalue weighted by Crippen LogP contribution is -2.27. The molecule has 1 unspecified atom stereocenters. The molecule has 0 aromatic heterocycles. The van der Waals surface area contributed by atoms with Gasteiger partial charge in [0.1, 0.15) is 0 Å². The molecule has 0 aliphatic carbocycles. The average Bonchev–Trinajstić information content (AvgIpc) is 2.11. The normalized spacial score (nSPS) is 26.0. The fourth-order valence-electron chi connectivity index (χ4n) is 0.646. The Balaban J connectivity index is 2.55. The maximum Gasteiger partial charge on any atom is 0.412 e. The Morgan fingerprint density at radius 3 is 2.30 bits per heavy atom. The van der Waals surface area contributed by atoms with Gasteiger partial charge in [0.2, 0.25) is 0 Å². The molecule has 0 amide bonds.